The van der Waals surface area contributed by atoms with Crippen molar-refractivity contribution in [3.63, 3.8) is 0 Å². The molecule has 1 aromatic rings. The average molecular weight is 302 g/mol. The summed E-state index contributed by atoms with van der Waals surface area (Å²) in [7, 11) is 1.92. The molecular weight excluding hydrogens is 282 g/mol. The number of likely N-dealkylation sites (N-methyl/N-ethyl adjacent to an activating group) is 1. The van der Waals surface area contributed by atoms with Gasteiger partial charge < -0.3 is 11.1 Å². The van der Waals surface area contributed by atoms with Crippen molar-refractivity contribution in [1.82, 2.24) is 10.2 Å². The Hall–Kier alpha value is -0.620. The van der Waals surface area contributed by atoms with Crippen molar-refractivity contribution < 1.29 is 4.79 Å². The molecule has 1 heterocycles. The summed E-state index contributed by atoms with van der Waals surface area (Å²) in [5.74, 6) is 0.0679. The third-order valence-electron chi connectivity index (χ3n) is 3.19. The SMILES string of the molecule is CC(N)C(c1ccc(Cl)s1)N(C)CC(=O)NC1CC1. The Balaban J connectivity index is 1.99. The van der Waals surface area contributed by atoms with E-state index in [1.54, 1.807) is 0 Å². The molecule has 0 radical (unpaired) electrons. The van der Waals surface area contributed by atoms with Crippen LogP contribution in [0.15, 0.2) is 12.1 Å². The van der Waals surface area contributed by atoms with Crippen LogP contribution in [0.1, 0.15) is 30.7 Å². The zero-order valence-electron chi connectivity index (χ0n) is 11.2. The van der Waals surface area contributed by atoms with Crippen LogP contribution in [0, 0.1) is 0 Å². The number of amides is 1. The summed E-state index contributed by atoms with van der Waals surface area (Å²) < 4.78 is 0.747. The van der Waals surface area contributed by atoms with Gasteiger partial charge in [-0.15, -0.1) is 11.3 Å². The normalized spacial score (nSPS) is 18.4. The minimum absolute atomic E-state index is 0.0162. The maximum Gasteiger partial charge on any atom is 0.234 e. The predicted octanol–water partition coefficient (Wildman–Crippen LogP) is 2.00. The van der Waals surface area contributed by atoms with E-state index in [0.29, 0.717) is 12.6 Å². The van der Waals surface area contributed by atoms with Crippen molar-refractivity contribution in [3.05, 3.63) is 21.3 Å². The predicted molar refractivity (Wildman–Crippen MR) is 79.5 cm³/mol. The summed E-state index contributed by atoms with van der Waals surface area (Å²) >= 11 is 7.49. The highest BCUT2D eigenvalue weighted by atomic mass is 35.5. The fourth-order valence-electron chi connectivity index (χ4n) is 2.19. The Morgan fingerprint density at radius 1 is 1.63 bits per heavy atom. The molecule has 1 saturated carbocycles. The molecule has 106 valence electrons. The molecule has 1 amide bonds. The number of nitrogens with two attached hydrogens (primary N) is 1. The molecule has 2 atom stereocenters. The van der Waals surface area contributed by atoms with Gasteiger partial charge in [0.1, 0.15) is 0 Å². The molecule has 0 bridgehead atoms. The van der Waals surface area contributed by atoms with E-state index in [2.05, 4.69) is 5.32 Å². The van der Waals surface area contributed by atoms with Crippen LogP contribution < -0.4 is 11.1 Å². The molecule has 1 aromatic heterocycles. The first kappa shape index (κ1) is 14.8. The summed E-state index contributed by atoms with van der Waals surface area (Å²) in [6.45, 7) is 2.31. The largest absolute Gasteiger partial charge is 0.352 e. The van der Waals surface area contributed by atoms with Gasteiger partial charge in [-0.25, -0.2) is 0 Å². The lowest BCUT2D eigenvalue weighted by atomic mass is 10.1. The first-order valence-electron chi connectivity index (χ1n) is 6.48. The Kier molecular flexibility index (Phi) is 4.84. The molecule has 0 aliphatic heterocycles. The molecule has 1 fully saturated rings. The van der Waals surface area contributed by atoms with Crippen LogP contribution in [0.2, 0.25) is 4.34 Å². The van der Waals surface area contributed by atoms with Crippen LogP contribution in [-0.4, -0.2) is 36.5 Å². The highest BCUT2D eigenvalue weighted by Gasteiger charge is 2.27. The van der Waals surface area contributed by atoms with Crippen molar-refractivity contribution >= 4 is 28.8 Å². The van der Waals surface area contributed by atoms with Crippen molar-refractivity contribution in [3.8, 4) is 0 Å². The highest BCUT2D eigenvalue weighted by Crippen LogP contribution is 2.31. The molecule has 1 aliphatic rings. The monoisotopic (exact) mass is 301 g/mol. The van der Waals surface area contributed by atoms with Gasteiger partial charge in [-0.05, 0) is 38.9 Å². The Morgan fingerprint density at radius 2 is 2.32 bits per heavy atom. The van der Waals surface area contributed by atoms with Crippen molar-refractivity contribution in [2.24, 2.45) is 5.73 Å². The maximum absolute atomic E-state index is 11.9. The Morgan fingerprint density at radius 3 is 2.79 bits per heavy atom. The number of hydrogen-bond acceptors (Lipinski definition) is 4. The van der Waals surface area contributed by atoms with Crippen LogP contribution in [0.5, 0.6) is 0 Å². The number of nitrogens with one attached hydrogen (secondary N) is 1. The smallest absolute Gasteiger partial charge is 0.234 e. The Bertz CT molecular complexity index is 445. The zero-order valence-corrected chi connectivity index (χ0v) is 12.8. The molecular formula is C13H20ClN3OS. The van der Waals surface area contributed by atoms with Gasteiger partial charge in [0.2, 0.25) is 5.91 Å². The van der Waals surface area contributed by atoms with E-state index in [9.17, 15) is 4.79 Å². The summed E-state index contributed by atoms with van der Waals surface area (Å²) in [6, 6.07) is 4.20. The fourth-order valence-corrected chi connectivity index (χ4v) is 3.53. The minimum Gasteiger partial charge on any atom is -0.352 e. The minimum atomic E-state index is -0.0616. The van der Waals surface area contributed by atoms with Gasteiger partial charge >= 0.3 is 0 Å². The highest BCUT2D eigenvalue weighted by molar-refractivity contribution is 7.16. The van der Waals surface area contributed by atoms with E-state index >= 15 is 0 Å². The quantitative estimate of drug-likeness (QED) is 0.845. The first-order chi connectivity index (χ1) is 8.97. The molecule has 2 unspecified atom stereocenters. The number of hydrogen-bond donors (Lipinski definition) is 2. The lowest BCUT2D eigenvalue weighted by Gasteiger charge is -2.29. The fraction of sp³-hybridized carbons (Fsp3) is 0.615. The number of carbonyl (C=O) groups excluding carboxylic acids is 1. The van der Waals surface area contributed by atoms with Crippen molar-refractivity contribution in [2.45, 2.75) is 37.9 Å². The number of thiophene rings is 1. The lowest BCUT2D eigenvalue weighted by molar-refractivity contribution is -0.122. The molecule has 4 nitrogen and oxygen atoms in total. The zero-order chi connectivity index (χ0) is 14.0. The summed E-state index contributed by atoms with van der Waals surface area (Å²) in [5.41, 5.74) is 6.06. The molecule has 6 heteroatoms. The van der Waals surface area contributed by atoms with Gasteiger partial charge in [0.15, 0.2) is 0 Å². The molecule has 2 rings (SSSR count). The van der Waals surface area contributed by atoms with E-state index in [1.807, 2.05) is 31.0 Å². The topological polar surface area (TPSA) is 58.4 Å². The van der Waals surface area contributed by atoms with E-state index in [1.165, 1.54) is 11.3 Å². The summed E-state index contributed by atoms with van der Waals surface area (Å²) in [5, 5.41) is 2.99. The van der Waals surface area contributed by atoms with Gasteiger partial charge in [0.25, 0.3) is 0 Å². The average Bonchev–Trinajstić information content (AvgIpc) is 3.00. The molecule has 19 heavy (non-hydrogen) atoms. The van der Waals surface area contributed by atoms with Crippen LogP contribution in [0.25, 0.3) is 0 Å². The molecule has 0 aromatic carbocycles. The van der Waals surface area contributed by atoms with E-state index in [-0.39, 0.29) is 18.0 Å². The van der Waals surface area contributed by atoms with Gasteiger partial charge in [-0.1, -0.05) is 11.6 Å². The molecule has 1 aliphatic carbocycles. The second-order valence-corrected chi connectivity index (χ2v) is 6.95. The molecule has 0 saturated heterocycles. The van der Waals surface area contributed by atoms with Crippen molar-refractivity contribution in [2.75, 3.05) is 13.6 Å². The number of carbonyl (C=O) groups is 1. The van der Waals surface area contributed by atoms with E-state index < -0.39 is 0 Å². The summed E-state index contributed by atoms with van der Waals surface area (Å²) in [4.78, 5) is 14.9. The second-order valence-electron chi connectivity index (χ2n) is 5.20. The number of halogens is 1. The van der Waals surface area contributed by atoms with Gasteiger partial charge in [-0.3, -0.25) is 9.69 Å². The van der Waals surface area contributed by atoms with Crippen LogP contribution >= 0.6 is 22.9 Å². The van der Waals surface area contributed by atoms with Crippen LogP contribution in [0.4, 0.5) is 0 Å². The summed E-state index contributed by atoms with van der Waals surface area (Å²) in [6.07, 6.45) is 2.21. The van der Waals surface area contributed by atoms with Crippen LogP contribution in [-0.2, 0) is 4.79 Å². The number of rotatable bonds is 6. The lowest BCUT2D eigenvalue weighted by Crippen LogP contribution is -2.42. The third-order valence-corrected chi connectivity index (χ3v) is 4.50. The van der Waals surface area contributed by atoms with Crippen LogP contribution in [0.3, 0.4) is 0 Å². The first-order valence-corrected chi connectivity index (χ1v) is 7.67. The van der Waals surface area contributed by atoms with E-state index in [4.69, 9.17) is 17.3 Å². The Labute approximate surface area is 122 Å². The number of nitrogens with zero attached hydrogens (tertiary/aromatic N) is 1. The molecule has 3 N–H and O–H groups in total. The second kappa shape index (κ2) is 6.22. The van der Waals surface area contributed by atoms with Gasteiger partial charge in [-0.2, -0.15) is 0 Å². The third kappa shape index (κ3) is 4.18. The van der Waals surface area contributed by atoms with Gasteiger partial charge in [0, 0.05) is 17.0 Å². The molecule has 0 spiro atoms. The standard InChI is InChI=1S/C13H20ClN3OS/c1-8(15)13(10-5-6-11(14)19-10)17(2)7-12(18)16-9-3-4-9/h5-6,8-9,13H,3-4,7,15H2,1-2H3,(H,16,18). The maximum atomic E-state index is 11.9. The van der Waals surface area contributed by atoms with E-state index in [0.717, 1.165) is 22.1 Å². The van der Waals surface area contributed by atoms with Crippen molar-refractivity contribution in [1.29, 1.82) is 0 Å². The van der Waals surface area contributed by atoms with Gasteiger partial charge in [0.05, 0.1) is 16.9 Å².